The summed E-state index contributed by atoms with van der Waals surface area (Å²) < 4.78 is 62.5. The molecular formula is C28H18F4N4. The van der Waals surface area contributed by atoms with Gasteiger partial charge in [-0.3, -0.25) is 9.69 Å². The maximum atomic E-state index is 15.6. The van der Waals surface area contributed by atoms with Crippen LogP contribution in [-0.4, -0.2) is 0 Å². The van der Waals surface area contributed by atoms with Gasteiger partial charge in [0.25, 0.3) is 0 Å². The Balaban J connectivity index is 2.37. The van der Waals surface area contributed by atoms with Gasteiger partial charge in [-0.05, 0) is 25.0 Å². The molecule has 0 radical (unpaired) electrons. The van der Waals surface area contributed by atoms with E-state index in [2.05, 4.69) is 9.69 Å². The topological polar surface area (TPSA) is 56.3 Å². The molecule has 178 valence electrons. The Bertz CT molecular complexity index is 1290. The van der Waals surface area contributed by atoms with E-state index in [0.717, 1.165) is 0 Å². The number of nitrogens with zero attached hydrogens (tertiary/aromatic N) is 4. The average molecular weight is 486 g/mol. The zero-order chi connectivity index (χ0) is 26.7. The molecule has 0 aliphatic carbocycles. The molecule has 0 spiro atoms. The molecule has 8 heteroatoms. The number of nitriles is 2. The molecule has 0 fully saturated rings. The molecule has 0 saturated carbocycles. The molecule has 36 heavy (non-hydrogen) atoms. The van der Waals surface area contributed by atoms with Crippen LogP contribution in [0.25, 0.3) is 9.69 Å². The first-order valence-corrected chi connectivity index (χ1v) is 10.7. The largest absolute Gasteiger partial charge is 0.353 e. The second-order valence-corrected chi connectivity index (χ2v) is 8.25. The maximum absolute atomic E-state index is 15.6. The Hall–Kier alpha value is -4.66. The molecule has 0 N–H and O–H groups in total. The lowest BCUT2D eigenvalue weighted by Gasteiger charge is -2.27. The third-order valence-corrected chi connectivity index (χ3v) is 6.57. The summed E-state index contributed by atoms with van der Waals surface area (Å²) in [7, 11) is 0. The Kier molecular flexibility index (Phi) is 7.14. The molecule has 0 amide bonds. The van der Waals surface area contributed by atoms with Crippen molar-refractivity contribution >= 4 is 0 Å². The molecule has 0 aliphatic heterocycles. The van der Waals surface area contributed by atoms with E-state index in [1.807, 2.05) is 0 Å². The lowest BCUT2D eigenvalue weighted by molar-refractivity contribution is 0.376. The lowest BCUT2D eigenvalue weighted by atomic mass is 9.73. The fraction of sp³-hybridized carbons (Fsp3) is 0.214. The summed E-state index contributed by atoms with van der Waals surface area (Å²) in [5, 5.41) is 19.8. The number of halogens is 4. The Morgan fingerprint density at radius 1 is 0.639 bits per heavy atom. The van der Waals surface area contributed by atoms with E-state index in [1.165, 1.54) is 38.1 Å². The van der Waals surface area contributed by atoms with Gasteiger partial charge >= 0.3 is 11.1 Å². The predicted molar refractivity (Wildman–Crippen MR) is 124 cm³/mol. The van der Waals surface area contributed by atoms with Crippen molar-refractivity contribution < 1.29 is 17.6 Å². The van der Waals surface area contributed by atoms with Crippen LogP contribution in [0.4, 0.5) is 17.6 Å². The highest BCUT2D eigenvalue weighted by atomic mass is 19.2. The highest BCUT2D eigenvalue weighted by Crippen LogP contribution is 2.48. The van der Waals surface area contributed by atoms with Crippen LogP contribution in [0.2, 0.25) is 0 Å². The van der Waals surface area contributed by atoms with Gasteiger partial charge in [0.05, 0.1) is 11.8 Å². The summed E-state index contributed by atoms with van der Waals surface area (Å²) in [6.07, 6.45) is 0. The molecule has 3 aromatic carbocycles. The van der Waals surface area contributed by atoms with Crippen LogP contribution in [0.15, 0.2) is 60.7 Å². The molecule has 0 aliphatic rings. The zero-order valence-corrected chi connectivity index (χ0v) is 19.2. The molecule has 0 bridgehead atoms. The van der Waals surface area contributed by atoms with Crippen LogP contribution < -0.4 is 0 Å². The summed E-state index contributed by atoms with van der Waals surface area (Å²) >= 11 is 0. The van der Waals surface area contributed by atoms with E-state index in [9.17, 15) is 10.5 Å². The number of rotatable bonds is 6. The van der Waals surface area contributed by atoms with Gasteiger partial charge in [-0.25, -0.2) is 30.7 Å². The molecule has 4 nitrogen and oxygen atoms in total. The second-order valence-electron chi connectivity index (χ2n) is 8.25. The van der Waals surface area contributed by atoms with E-state index in [-0.39, 0.29) is 0 Å². The monoisotopic (exact) mass is 486 g/mol. The molecule has 3 aromatic rings. The Morgan fingerprint density at radius 3 is 1.14 bits per heavy atom. The Morgan fingerprint density at radius 2 is 0.917 bits per heavy atom. The van der Waals surface area contributed by atoms with Crippen molar-refractivity contribution in [1.29, 1.82) is 10.5 Å². The van der Waals surface area contributed by atoms with Gasteiger partial charge in [0.15, 0.2) is 35.4 Å². The van der Waals surface area contributed by atoms with Gasteiger partial charge < -0.3 is 0 Å². The predicted octanol–water partition coefficient (Wildman–Crippen LogP) is 7.13. The van der Waals surface area contributed by atoms with Crippen molar-refractivity contribution in [3.8, 4) is 12.1 Å². The molecule has 3 rings (SSSR count). The van der Waals surface area contributed by atoms with E-state index in [4.69, 9.17) is 13.1 Å². The summed E-state index contributed by atoms with van der Waals surface area (Å²) in [4.78, 5) is 6.31. The van der Waals surface area contributed by atoms with Crippen LogP contribution in [0.1, 0.15) is 47.9 Å². The summed E-state index contributed by atoms with van der Waals surface area (Å²) in [6.45, 7) is 17.9. The minimum absolute atomic E-state index is 0.337. The lowest BCUT2D eigenvalue weighted by Crippen LogP contribution is -2.35. The third-order valence-electron chi connectivity index (χ3n) is 6.57. The normalized spacial score (nSPS) is 15.6. The first kappa shape index (κ1) is 26.0. The quantitative estimate of drug-likeness (QED) is 0.212. The molecule has 4 unspecified atom stereocenters. The summed E-state index contributed by atoms with van der Waals surface area (Å²) in [6, 6.07) is 18.8. The van der Waals surface area contributed by atoms with Crippen molar-refractivity contribution in [2.45, 2.75) is 36.8 Å². The van der Waals surface area contributed by atoms with Gasteiger partial charge in [0.1, 0.15) is 11.1 Å². The van der Waals surface area contributed by atoms with Crippen molar-refractivity contribution in [3.63, 3.8) is 0 Å². The average Bonchev–Trinajstić information content (AvgIpc) is 2.93. The minimum Gasteiger partial charge on any atom is -0.288 e. The molecule has 0 aromatic heterocycles. The maximum Gasteiger partial charge on any atom is 0.353 e. The third kappa shape index (κ3) is 3.74. The summed E-state index contributed by atoms with van der Waals surface area (Å²) in [5.74, 6) is -10.4. The van der Waals surface area contributed by atoms with E-state index < -0.39 is 57.3 Å². The second kappa shape index (κ2) is 9.91. The van der Waals surface area contributed by atoms with Crippen molar-refractivity contribution in [1.82, 2.24) is 0 Å². The van der Waals surface area contributed by atoms with Crippen molar-refractivity contribution in [2.75, 3.05) is 0 Å². The highest BCUT2D eigenvalue weighted by molar-refractivity contribution is 5.51. The zero-order valence-electron chi connectivity index (χ0n) is 19.2. The smallest absolute Gasteiger partial charge is 0.288 e. The van der Waals surface area contributed by atoms with Crippen molar-refractivity contribution in [3.05, 3.63) is 129 Å². The van der Waals surface area contributed by atoms with Crippen LogP contribution in [0.5, 0.6) is 0 Å². The van der Waals surface area contributed by atoms with Gasteiger partial charge in [0, 0.05) is 0 Å². The van der Waals surface area contributed by atoms with E-state index in [1.54, 1.807) is 48.5 Å². The SMILES string of the molecule is [C-]#[N+]C(C#N)(c1c(F)c(F)c(C(C#N)([N+]#[C-])C(C)c2ccccc2)c(F)c1F)C(C)c1ccccc1. The minimum atomic E-state index is -2.67. The van der Waals surface area contributed by atoms with Crippen LogP contribution in [-0.2, 0) is 11.1 Å². The van der Waals surface area contributed by atoms with Gasteiger partial charge in [-0.1, -0.05) is 60.7 Å². The Labute approximate surface area is 206 Å². The van der Waals surface area contributed by atoms with Crippen LogP contribution in [0, 0.1) is 59.1 Å². The van der Waals surface area contributed by atoms with Gasteiger partial charge in [0.2, 0.25) is 0 Å². The van der Waals surface area contributed by atoms with Crippen LogP contribution >= 0.6 is 0 Å². The highest BCUT2D eigenvalue weighted by Gasteiger charge is 2.57. The van der Waals surface area contributed by atoms with E-state index >= 15 is 17.6 Å². The van der Waals surface area contributed by atoms with Gasteiger partial charge in [-0.2, -0.15) is 10.5 Å². The first-order valence-electron chi connectivity index (χ1n) is 10.7. The van der Waals surface area contributed by atoms with Gasteiger partial charge in [-0.15, -0.1) is 0 Å². The summed E-state index contributed by atoms with van der Waals surface area (Å²) in [5.41, 5.74) is -7.48. The van der Waals surface area contributed by atoms with Crippen LogP contribution in [0.3, 0.4) is 0 Å². The first-order chi connectivity index (χ1) is 17.2. The molecule has 4 atom stereocenters. The van der Waals surface area contributed by atoms with Crippen molar-refractivity contribution in [2.24, 2.45) is 0 Å². The standard InChI is InChI=1S/C28H18F4N4/c1-17(19-11-7-5-8-12-19)27(15-33,35-3)21-23(29)25(31)22(26(32)24(21)30)28(16-34,36-4)18(2)20-13-9-6-10-14-20/h5-14,17-18H,1-2H3. The number of hydrogen-bond acceptors (Lipinski definition) is 2. The fourth-order valence-electron chi connectivity index (χ4n) is 4.36. The number of hydrogen-bond donors (Lipinski definition) is 0. The number of benzene rings is 3. The molecule has 0 saturated heterocycles. The fourth-order valence-corrected chi connectivity index (χ4v) is 4.36. The molecule has 0 heterocycles. The van der Waals surface area contributed by atoms with E-state index in [0.29, 0.717) is 11.1 Å². The molecular weight excluding hydrogens is 468 g/mol.